The standard InChI is InChI=1S/C23H26N6O2/c1-6-26-23(27-7-1)28-15-2-4-17(5-3-15)31-21-11-16(10-20-22(21)25-9-8-24-20)29-13-18-12-19(14-29)30-18/h1,6-11,15,17-19H,2-5,12-14H2,(H,26,27,28)/t15-,17+,18?,19?. The number of benzene rings is 1. The predicted octanol–water partition coefficient (Wildman–Crippen LogP) is 3.20. The van der Waals surface area contributed by atoms with Gasteiger partial charge >= 0.3 is 0 Å². The van der Waals surface area contributed by atoms with Gasteiger partial charge in [-0.05, 0) is 37.8 Å². The predicted molar refractivity (Wildman–Crippen MR) is 117 cm³/mol. The molecule has 2 bridgehead atoms. The summed E-state index contributed by atoms with van der Waals surface area (Å²) in [6.45, 7) is 1.86. The molecule has 4 fully saturated rings. The summed E-state index contributed by atoms with van der Waals surface area (Å²) >= 11 is 0. The Morgan fingerprint density at radius 2 is 1.65 bits per heavy atom. The Balaban J connectivity index is 1.17. The van der Waals surface area contributed by atoms with Crippen molar-refractivity contribution in [1.82, 2.24) is 19.9 Å². The van der Waals surface area contributed by atoms with Gasteiger partial charge in [0.2, 0.25) is 5.95 Å². The first-order valence-corrected chi connectivity index (χ1v) is 11.2. The van der Waals surface area contributed by atoms with Crippen molar-refractivity contribution in [3.63, 3.8) is 0 Å². The molecular formula is C23H26N6O2. The van der Waals surface area contributed by atoms with E-state index in [4.69, 9.17) is 9.47 Å². The summed E-state index contributed by atoms with van der Waals surface area (Å²) in [4.78, 5) is 20.1. The van der Waals surface area contributed by atoms with Crippen LogP contribution in [0.25, 0.3) is 11.0 Å². The van der Waals surface area contributed by atoms with Crippen LogP contribution in [0.15, 0.2) is 43.0 Å². The molecule has 3 aliphatic heterocycles. The van der Waals surface area contributed by atoms with Gasteiger partial charge in [0.1, 0.15) is 11.3 Å². The van der Waals surface area contributed by atoms with Crippen LogP contribution in [0.1, 0.15) is 32.1 Å². The molecule has 0 radical (unpaired) electrons. The maximum Gasteiger partial charge on any atom is 0.222 e. The number of anilines is 2. The molecule has 8 heteroatoms. The second kappa shape index (κ2) is 7.92. The lowest BCUT2D eigenvalue weighted by Gasteiger charge is -2.48. The first-order chi connectivity index (χ1) is 15.3. The fourth-order valence-electron chi connectivity index (χ4n) is 4.93. The van der Waals surface area contributed by atoms with Gasteiger partial charge in [-0.3, -0.25) is 4.98 Å². The van der Waals surface area contributed by atoms with Gasteiger partial charge in [0, 0.05) is 62.1 Å². The van der Waals surface area contributed by atoms with Crippen molar-refractivity contribution in [2.45, 2.75) is 56.5 Å². The first kappa shape index (κ1) is 18.7. The van der Waals surface area contributed by atoms with Crippen molar-refractivity contribution in [2.24, 2.45) is 0 Å². The van der Waals surface area contributed by atoms with Crippen molar-refractivity contribution in [2.75, 3.05) is 23.3 Å². The Bertz CT molecular complexity index is 1040. The zero-order valence-corrected chi connectivity index (χ0v) is 17.4. The summed E-state index contributed by atoms with van der Waals surface area (Å²) in [6.07, 6.45) is 13.1. The van der Waals surface area contributed by atoms with Crippen LogP contribution in [0, 0.1) is 0 Å². The van der Waals surface area contributed by atoms with Crippen LogP contribution >= 0.6 is 0 Å². The Morgan fingerprint density at radius 3 is 2.42 bits per heavy atom. The highest BCUT2D eigenvalue weighted by atomic mass is 16.5. The third kappa shape index (κ3) is 3.87. The molecule has 160 valence electrons. The SMILES string of the molecule is c1cnc(N[C@H]2CC[C@@H](Oc3cc(N4CC5CC(C4)O5)cc4nccnc34)CC2)nc1. The summed E-state index contributed by atoms with van der Waals surface area (Å²) in [5, 5.41) is 3.44. The molecule has 0 spiro atoms. The minimum atomic E-state index is 0.174. The average Bonchev–Trinajstić information content (AvgIpc) is 2.81. The van der Waals surface area contributed by atoms with Crippen LogP contribution in [-0.2, 0) is 4.74 Å². The van der Waals surface area contributed by atoms with Gasteiger partial charge in [-0.1, -0.05) is 0 Å². The van der Waals surface area contributed by atoms with Crippen LogP contribution < -0.4 is 15.0 Å². The first-order valence-electron chi connectivity index (χ1n) is 11.2. The number of aromatic nitrogens is 4. The average molecular weight is 419 g/mol. The zero-order chi connectivity index (χ0) is 20.6. The largest absolute Gasteiger partial charge is 0.488 e. The molecule has 1 N–H and O–H groups in total. The normalized spacial score (nSPS) is 27.5. The number of hydrogen-bond acceptors (Lipinski definition) is 8. The molecule has 5 heterocycles. The van der Waals surface area contributed by atoms with Crippen LogP contribution in [0.3, 0.4) is 0 Å². The van der Waals surface area contributed by atoms with Crippen LogP contribution in [0.5, 0.6) is 5.75 Å². The van der Waals surface area contributed by atoms with Crippen molar-refractivity contribution >= 4 is 22.7 Å². The number of nitrogens with zero attached hydrogens (tertiary/aromatic N) is 5. The summed E-state index contributed by atoms with van der Waals surface area (Å²) in [5.41, 5.74) is 2.87. The Kier molecular flexibility index (Phi) is 4.79. The molecule has 7 rings (SSSR count). The molecule has 2 unspecified atom stereocenters. The highest BCUT2D eigenvalue weighted by Gasteiger charge is 2.38. The highest BCUT2D eigenvalue weighted by Crippen LogP contribution is 2.36. The van der Waals surface area contributed by atoms with E-state index in [1.54, 1.807) is 24.8 Å². The second-order valence-electron chi connectivity index (χ2n) is 8.70. The third-order valence-corrected chi connectivity index (χ3v) is 6.51. The molecule has 8 nitrogen and oxygen atoms in total. The molecule has 2 aromatic heterocycles. The summed E-state index contributed by atoms with van der Waals surface area (Å²) < 4.78 is 12.3. The smallest absolute Gasteiger partial charge is 0.222 e. The molecule has 2 atom stereocenters. The maximum atomic E-state index is 6.52. The van der Waals surface area contributed by atoms with Crippen molar-refractivity contribution in [3.8, 4) is 5.75 Å². The minimum Gasteiger partial charge on any atom is -0.488 e. The third-order valence-electron chi connectivity index (χ3n) is 6.51. The lowest BCUT2D eigenvalue weighted by molar-refractivity contribution is -0.133. The number of piperidine rings is 1. The van der Waals surface area contributed by atoms with Crippen molar-refractivity contribution in [1.29, 1.82) is 0 Å². The Labute approximate surface area is 181 Å². The minimum absolute atomic E-state index is 0.174. The van der Waals surface area contributed by atoms with Crippen molar-refractivity contribution in [3.05, 3.63) is 43.0 Å². The van der Waals surface area contributed by atoms with E-state index in [9.17, 15) is 0 Å². The Morgan fingerprint density at radius 1 is 0.903 bits per heavy atom. The van der Waals surface area contributed by atoms with Gasteiger partial charge in [0.05, 0.1) is 23.8 Å². The number of rotatable bonds is 5. The summed E-state index contributed by atoms with van der Waals surface area (Å²) in [5.74, 6) is 1.54. The van der Waals surface area contributed by atoms with E-state index in [2.05, 4.69) is 42.3 Å². The zero-order valence-electron chi connectivity index (χ0n) is 17.4. The number of hydrogen-bond donors (Lipinski definition) is 1. The second-order valence-corrected chi connectivity index (χ2v) is 8.70. The molecule has 3 saturated heterocycles. The van der Waals surface area contributed by atoms with Gasteiger partial charge in [-0.15, -0.1) is 0 Å². The molecule has 1 aromatic carbocycles. The topological polar surface area (TPSA) is 85.3 Å². The molecular weight excluding hydrogens is 392 g/mol. The van der Waals surface area contributed by atoms with E-state index < -0.39 is 0 Å². The van der Waals surface area contributed by atoms with E-state index in [0.29, 0.717) is 24.2 Å². The van der Waals surface area contributed by atoms with Crippen molar-refractivity contribution < 1.29 is 9.47 Å². The molecule has 0 amide bonds. The number of fused-ring (bicyclic) bond motifs is 3. The molecule has 4 aliphatic rings. The van der Waals surface area contributed by atoms with Crippen LogP contribution in [0.2, 0.25) is 0 Å². The van der Waals surface area contributed by atoms with Gasteiger partial charge < -0.3 is 19.7 Å². The van der Waals surface area contributed by atoms with E-state index in [-0.39, 0.29) is 6.10 Å². The Hall–Kier alpha value is -3.00. The summed E-state index contributed by atoms with van der Waals surface area (Å²) in [6, 6.07) is 6.48. The highest BCUT2D eigenvalue weighted by molar-refractivity contribution is 5.85. The van der Waals surface area contributed by atoms with Gasteiger partial charge in [-0.25, -0.2) is 15.0 Å². The fraction of sp³-hybridized carbons (Fsp3) is 0.478. The van der Waals surface area contributed by atoms with Crippen LogP contribution in [-0.4, -0.2) is 57.4 Å². The van der Waals surface area contributed by atoms with Crippen LogP contribution in [0.4, 0.5) is 11.6 Å². The fourth-order valence-corrected chi connectivity index (χ4v) is 4.93. The quantitative estimate of drug-likeness (QED) is 0.676. The lowest BCUT2D eigenvalue weighted by Crippen LogP contribution is -2.57. The maximum absolute atomic E-state index is 6.52. The van der Waals surface area contributed by atoms with E-state index in [0.717, 1.165) is 61.2 Å². The molecule has 1 aliphatic carbocycles. The monoisotopic (exact) mass is 418 g/mol. The van der Waals surface area contributed by atoms with Gasteiger partial charge in [0.15, 0.2) is 0 Å². The van der Waals surface area contributed by atoms with E-state index in [1.165, 1.54) is 6.42 Å². The molecule has 31 heavy (non-hydrogen) atoms. The van der Waals surface area contributed by atoms with Gasteiger partial charge in [-0.2, -0.15) is 0 Å². The van der Waals surface area contributed by atoms with E-state index in [1.807, 2.05) is 6.07 Å². The van der Waals surface area contributed by atoms with E-state index >= 15 is 0 Å². The lowest BCUT2D eigenvalue weighted by atomic mass is 9.93. The summed E-state index contributed by atoms with van der Waals surface area (Å²) in [7, 11) is 0. The number of nitrogens with one attached hydrogen (secondary N) is 1. The van der Waals surface area contributed by atoms with Gasteiger partial charge in [0.25, 0.3) is 0 Å². The number of morpholine rings is 1. The molecule has 1 saturated carbocycles. The number of ether oxygens (including phenoxy) is 2. The molecule has 3 aromatic rings.